The van der Waals surface area contributed by atoms with Gasteiger partial charge in [-0.15, -0.1) is 0 Å². The van der Waals surface area contributed by atoms with Gasteiger partial charge >= 0.3 is 11.8 Å². The van der Waals surface area contributed by atoms with E-state index in [4.69, 9.17) is 23.9 Å². The number of methoxy groups -OCH3 is 1. The van der Waals surface area contributed by atoms with Crippen LogP contribution in [0.1, 0.15) is 64.4 Å². The van der Waals surface area contributed by atoms with E-state index in [1.165, 1.54) is 46.3 Å². The average molecular weight is 784 g/mol. The number of phenols is 1. The summed E-state index contributed by atoms with van der Waals surface area (Å²) in [6.07, 6.45) is 3.76. The molecule has 2 aliphatic heterocycles. The molecule has 4 bridgehead atoms. The van der Waals surface area contributed by atoms with E-state index in [1.54, 1.807) is 71.0 Å². The van der Waals surface area contributed by atoms with Crippen molar-refractivity contribution in [2.75, 3.05) is 12.4 Å². The maximum Gasteiger partial charge on any atom is 0.312 e. The number of ether oxygens (including phenoxy) is 4. The second-order valence-corrected chi connectivity index (χ2v) is 15.3. The van der Waals surface area contributed by atoms with Crippen molar-refractivity contribution in [2.24, 2.45) is 23.7 Å². The highest BCUT2D eigenvalue weighted by Gasteiger charge is 2.49. The zero-order chi connectivity index (χ0) is 41.7. The van der Waals surface area contributed by atoms with Crippen LogP contribution in [0.15, 0.2) is 65.2 Å². The molecule has 9 atom stereocenters. The number of aromatic nitrogens is 2. The molecule has 0 spiro atoms. The number of para-hydroxylation sites is 2. The lowest BCUT2D eigenvalue weighted by Gasteiger charge is -2.38. The predicted molar refractivity (Wildman–Crippen MR) is 214 cm³/mol. The largest absolute Gasteiger partial charge is 0.505 e. The number of aromatic amines is 1. The van der Waals surface area contributed by atoms with Crippen molar-refractivity contribution in [3.05, 3.63) is 81.8 Å². The summed E-state index contributed by atoms with van der Waals surface area (Å²) in [4.78, 5) is 62.8. The van der Waals surface area contributed by atoms with Gasteiger partial charge in [0, 0.05) is 61.2 Å². The normalized spacial score (nSPS) is 28.7. The Bertz CT molecular complexity index is 2430. The van der Waals surface area contributed by atoms with Crippen LogP contribution in [0, 0.1) is 30.6 Å². The summed E-state index contributed by atoms with van der Waals surface area (Å²) < 4.78 is 23.7. The average Bonchev–Trinajstić information content (AvgIpc) is 3.45. The number of hydrogen-bond donors (Lipinski definition) is 5. The Morgan fingerprint density at radius 1 is 0.965 bits per heavy atom. The number of Topliss-reactive ketones (excluding diaryl/α,β-unsaturated/α-hetero) is 1. The van der Waals surface area contributed by atoms with E-state index in [0.29, 0.717) is 11.0 Å². The van der Waals surface area contributed by atoms with Crippen molar-refractivity contribution in [1.29, 1.82) is 0 Å². The number of nitrogens with zero attached hydrogens (tertiary/aromatic N) is 1. The van der Waals surface area contributed by atoms with E-state index in [0.717, 1.165) is 0 Å². The maximum atomic E-state index is 14.5. The van der Waals surface area contributed by atoms with Crippen LogP contribution in [-0.4, -0.2) is 80.3 Å². The third-order valence-corrected chi connectivity index (χ3v) is 11.4. The van der Waals surface area contributed by atoms with Crippen LogP contribution in [0.5, 0.6) is 11.5 Å². The molecule has 0 saturated carbocycles. The zero-order valence-corrected chi connectivity index (χ0v) is 33.4. The highest BCUT2D eigenvalue weighted by Crippen LogP contribution is 2.47. The van der Waals surface area contributed by atoms with Crippen LogP contribution in [0.4, 0.5) is 5.69 Å². The second-order valence-electron chi connectivity index (χ2n) is 15.3. The topological polar surface area (TPSA) is 207 Å². The van der Waals surface area contributed by atoms with Gasteiger partial charge in [-0.05, 0) is 32.1 Å². The van der Waals surface area contributed by atoms with Gasteiger partial charge < -0.3 is 44.6 Å². The Morgan fingerprint density at radius 2 is 1.67 bits per heavy atom. The van der Waals surface area contributed by atoms with E-state index in [-0.39, 0.29) is 49.9 Å². The molecule has 9 unspecified atom stereocenters. The number of carbonyl (C=O) groups excluding carboxylic acids is 3. The number of carbonyl (C=O) groups is 3. The van der Waals surface area contributed by atoms with Crippen LogP contribution >= 0.6 is 0 Å². The Morgan fingerprint density at radius 3 is 2.35 bits per heavy atom. The monoisotopic (exact) mass is 783 g/mol. The van der Waals surface area contributed by atoms with Gasteiger partial charge in [-0.1, -0.05) is 58.1 Å². The van der Waals surface area contributed by atoms with Crippen molar-refractivity contribution < 1.29 is 48.7 Å². The first kappa shape index (κ1) is 41.1. The first-order chi connectivity index (χ1) is 26.9. The molecular formula is C43H49N3O11. The van der Waals surface area contributed by atoms with Gasteiger partial charge in [-0.2, -0.15) is 0 Å². The Hall–Kier alpha value is -5.57. The second kappa shape index (κ2) is 15.8. The first-order valence-corrected chi connectivity index (χ1v) is 18.9. The number of hydrogen-bond acceptors (Lipinski definition) is 12. The van der Waals surface area contributed by atoms with Crippen molar-refractivity contribution in [1.82, 2.24) is 9.97 Å². The maximum absolute atomic E-state index is 14.5. The Balaban J connectivity index is 1.58. The van der Waals surface area contributed by atoms with Gasteiger partial charge in [0.25, 0.3) is 11.7 Å². The third-order valence-electron chi connectivity index (χ3n) is 11.4. The molecule has 14 heteroatoms. The molecule has 302 valence electrons. The van der Waals surface area contributed by atoms with E-state index in [1.807, 2.05) is 0 Å². The zero-order valence-electron chi connectivity index (χ0n) is 33.4. The summed E-state index contributed by atoms with van der Waals surface area (Å²) in [6.45, 7) is 12.6. The molecule has 0 radical (unpaired) electrons. The number of benzene rings is 3. The van der Waals surface area contributed by atoms with Crippen LogP contribution < -0.4 is 15.5 Å². The minimum atomic E-state index is -1.99. The molecule has 3 aromatic carbocycles. The quantitative estimate of drug-likeness (QED) is 0.0715. The highest BCUT2D eigenvalue weighted by molar-refractivity contribution is 6.27. The standard InChI is InChI=1S/C43H49N3O11/c1-19-13-12-14-20(2)42(53)46-34-33-32(44-26-15-10-11-16-27(26)45-33)29-30(38(34)51)37(50)24(6)40-31(29)41(52)43(8,57-40)55-18-17-28(54-9)21(3)39(56-25(7)47)23(5)36(49)22(4)35(19)48/h10-19,21-23,28,35-36,39,45,48-49,51H,1-9H3,(H,46,53). The number of aliphatic hydroxyl groups is 2. The smallest absolute Gasteiger partial charge is 0.312 e. The van der Waals surface area contributed by atoms with E-state index in [9.17, 15) is 34.5 Å². The van der Waals surface area contributed by atoms with Gasteiger partial charge in [-0.25, -0.2) is 4.98 Å². The lowest BCUT2D eigenvalue weighted by molar-refractivity contribution is -0.160. The molecule has 5 N–H and O–H groups in total. The number of esters is 1. The summed E-state index contributed by atoms with van der Waals surface area (Å²) >= 11 is 0. The van der Waals surface area contributed by atoms with E-state index in [2.05, 4.69) is 10.3 Å². The molecule has 57 heavy (non-hydrogen) atoms. The SMILES string of the molecule is COC1C=COC2(C)Oc3c(C)c(=O)c4c(O)c(c5[nH]c6ccccc6nc5c4c3C2=O)NC(=O)C(C)=CC=CC(C)C(O)C(C)C(O)C(C)C(OC(C)=O)C1C. The molecule has 0 saturated heterocycles. The van der Waals surface area contributed by atoms with Crippen LogP contribution in [-0.2, 0) is 23.8 Å². The summed E-state index contributed by atoms with van der Waals surface area (Å²) in [5.74, 6) is -6.89. The number of nitrogens with one attached hydrogen (secondary N) is 2. The highest BCUT2D eigenvalue weighted by atomic mass is 16.7. The number of phenolic OH excluding ortho intramolecular Hbond substituents is 1. The van der Waals surface area contributed by atoms with Gasteiger partial charge in [0.15, 0.2) is 11.2 Å². The molecule has 6 rings (SSSR count). The molecule has 4 aromatic rings. The molecular weight excluding hydrogens is 734 g/mol. The molecule has 14 nitrogen and oxygen atoms in total. The predicted octanol–water partition coefficient (Wildman–Crippen LogP) is 5.73. The number of ketones is 1. The van der Waals surface area contributed by atoms with Crippen molar-refractivity contribution >= 4 is 56.2 Å². The van der Waals surface area contributed by atoms with Crippen molar-refractivity contribution in [3.8, 4) is 11.5 Å². The van der Waals surface area contributed by atoms with Gasteiger partial charge in [0.05, 0.1) is 57.6 Å². The summed E-state index contributed by atoms with van der Waals surface area (Å²) in [5, 5.41) is 37.3. The Kier molecular flexibility index (Phi) is 11.4. The Labute approximate surface area is 329 Å². The van der Waals surface area contributed by atoms with Crippen molar-refractivity contribution in [2.45, 2.75) is 85.6 Å². The number of anilines is 1. The number of aromatic hydroxyl groups is 1. The van der Waals surface area contributed by atoms with Gasteiger partial charge in [0.2, 0.25) is 0 Å². The molecule has 1 amide bonds. The van der Waals surface area contributed by atoms with Crippen LogP contribution in [0.2, 0.25) is 0 Å². The molecule has 1 aromatic heterocycles. The molecule has 3 heterocycles. The van der Waals surface area contributed by atoms with E-state index >= 15 is 0 Å². The number of allylic oxidation sites excluding steroid dienone is 2. The fourth-order valence-corrected chi connectivity index (χ4v) is 7.87. The fraction of sp³-hybridized carbons (Fsp3) is 0.419. The lowest BCUT2D eigenvalue weighted by atomic mass is 9.78. The first-order valence-electron chi connectivity index (χ1n) is 18.9. The molecule has 0 fully saturated rings. The van der Waals surface area contributed by atoms with Crippen LogP contribution in [0.3, 0.4) is 0 Å². The third kappa shape index (κ3) is 7.28. The number of rotatable bonds is 2. The fourth-order valence-electron chi connectivity index (χ4n) is 7.87. The van der Waals surface area contributed by atoms with E-state index < -0.39 is 82.7 Å². The molecule has 2 aliphatic rings. The lowest BCUT2D eigenvalue weighted by Crippen LogP contribution is -2.46. The van der Waals surface area contributed by atoms with Gasteiger partial charge in [0.1, 0.15) is 17.5 Å². The van der Waals surface area contributed by atoms with Crippen molar-refractivity contribution in [3.63, 3.8) is 0 Å². The summed E-state index contributed by atoms with van der Waals surface area (Å²) in [5.41, 5.74) is 0.736. The minimum absolute atomic E-state index is 0.0148. The summed E-state index contributed by atoms with van der Waals surface area (Å²) in [6, 6.07) is 7.05. The number of aliphatic hydroxyl groups excluding tert-OH is 2. The van der Waals surface area contributed by atoms with Crippen LogP contribution in [0.25, 0.3) is 32.8 Å². The van der Waals surface area contributed by atoms with Gasteiger partial charge in [-0.3, -0.25) is 19.2 Å². The molecule has 0 aliphatic carbocycles. The number of amides is 1. The minimum Gasteiger partial charge on any atom is -0.505 e. The summed E-state index contributed by atoms with van der Waals surface area (Å²) in [7, 11) is 1.45. The number of H-pyrrole nitrogens is 1. The number of fused-ring (bicyclic) bond motifs is 2.